The Bertz CT molecular complexity index is 656. The molecule has 0 fully saturated rings. The molecule has 0 aromatic heterocycles. The van der Waals surface area contributed by atoms with Gasteiger partial charge in [0.15, 0.2) is 0 Å². The number of amides is 1. The van der Waals surface area contributed by atoms with Crippen LogP contribution in [0, 0.1) is 0 Å². The lowest BCUT2D eigenvalue weighted by Gasteiger charge is -2.11. The zero-order valence-electron chi connectivity index (χ0n) is 11.0. The van der Waals surface area contributed by atoms with Crippen molar-refractivity contribution in [3.63, 3.8) is 0 Å². The quantitative estimate of drug-likeness (QED) is 0.847. The molecule has 0 saturated carbocycles. The number of nitrogen functional groups attached to an aromatic ring is 1. The highest BCUT2D eigenvalue weighted by Crippen LogP contribution is 2.30. The summed E-state index contributed by atoms with van der Waals surface area (Å²) in [4.78, 5) is 11.1. The first-order chi connectivity index (χ1) is 9.51. The Morgan fingerprint density at radius 1 is 1.25 bits per heavy atom. The number of nitrogens with two attached hydrogens (primary N) is 2. The number of hydrogen-bond acceptors (Lipinski definition) is 3. The van der Waals surface area contributed by atoms with Gasteiger partial charge in [0, 0.05) is 10.6 Å². The predicted molar refractivity (Wildman–Crippen MR) is 80.3 cm³/mol. The van der Waals surface area contributed by atoms with E-state index in [1.165, 1.54) is 6.07 Å². The lowest BCUT2D eigenvalue weighted by atomic mass is 10.1. The Labute approximate surface area is 122 Å². The number of primary amides is 1. The second-order valence-electron chi connectivity index (χ2n) is 4.33. The van der Waals surface area contributed by atoms with Gasteiger partial charge in [-0.25, -0.2) is 0 Å². The number of carbonyl (C=O) groups is 1. The maximum absolute atomic E-state index is 11.1. The van der Waals surface area contributed by atoms with Crippen LogP contribution >= 0.6 is 11.6 Å². The molecule has 0 saturated heterocycles. The van der Waals surface area contributed by atoms with E-state index in [-0.39, 0.29) is 0 Å². The summed E-state index contributed by atoms with van der Waals surface area (Å²) in [5, 5.41) is 0.705. The minimum atomic E-state index is -0.525. The van der Waals surface area contributed by atoms with Crippen molar-refractivity contribution in [2.75, 3.05) is 5.73 Å². The SMILES string of the molecule is CCc1cc(Oc2ccc(C(N)=O)cc2N)ccc1Cl. The second-order valence-corrected chi connectivity index (χ2v) is 4.73. The molecule has 0 radical (unpaired) electrons. The highest BCUT2D eigenvalue weighted by molar-refractivity contribution is 6.31. The summed E-state index contributed by atoms with van der Waals surface area (Å²) in [5.41, 5.74) is 12.7. The Balaban J connectivity index is 2.28. The zero-order chi connectivity index (χ0) is 14.7. The van der Waals surface area contributed by atoms with E-state index in [0.717, 1.165) is 12.0 Å². The fourth-order valence-electron chi connectivity index (χ4n) is 1.81. The van der Waals surface area contributed by atoms with Crippen LogP contribution in [-0.4, -0.2) is 5.91 Å². The van der Waals surface area contributed by atoms with E-state index < -0.39 is 5.91 Å². The van der Waals surface area contributed by atoms with Crippen molar-refractivity contribution in [2.24, 2.45) is 5.73 Å². The number of aryl methyl sites for hydroxylation is 1. The van der Waals surface area contributed by atoms with Crippen LogP contribution < -0.4 is 16.2 Å². The highest BCUT2D eigenvalue weighted by atomic mass is 35.5. The number of benzene rings is 2. The van der Waals surface area contributed by atoms with Gasteiger partial charge in [-0.05, 0) is 48.4 Å². The van der Waals surface area contributed by atoms with Gasteiger partial charge in [-0.2, -0.15) is 0 Å². The van der Waals surface area contributed by atoms with Gasteiger partial charge in [0.05, 0.1) is 5.69 Å². The van der Waals surface area contributed by atoms with E-state index in [1.807, 2.05) is 13.0 Å². The molecule has 4 N–H and O–H groups in total. The second kappa shape index (κ2) is 5.84. The third kappa shape index (κ3) is 3.03. The Kier molecular flexibility index (Phi) is 4.15. The van der Waals surface area contributed by atoms with E-state index in [0.29, 0.717) is 27.8 Å². The van der Waals surface area contributed by atoms with Crippen molar-refractivity contribution < 1.29 is 9.53 Å². The smallest absolute Gasteiger partial charge is 0.248 e. The number of anilines is 1. The molecule has 5 heteroatoms. The monoisotopic (exact) mass is 290 g/mol. The highest BCUT2D eigenvalue weighted by Gasteiger charge is 2.08. The van der Waals surface area contributed by atoms with Gasteiger partial charge < -0.3 is 16.2 Å². The van der Waals surface area contributed by atoms with Crippen molar-refractivity contribution in [3.05, 3.63) is 52.5 Å². The summed E-state index contributed by atoms with van der Waals surface area (Å²) in [5.74, 6) is 0.590. The van der Waals surface area contributed by atoms with E-state index in [2.05, 4.69) is 0 Å². The molecule has 20 heavy (non-hydrogen) atoms. The zero-order valence-corrected chi connectivity index (χ0v) is 11.8. The largest absolute Gasteiger partial charge is 0.455 e. The first-order valence-electron chi connectivity index (χ1n) is 6.17. The molecule has 2 aromatic rings. The number of rotatable bonds is 4. The van der Waals surface area contributed by atoms with Crippen LogP contribution in [0.1, 0.15) is 22.8 Å². The average Bonchev–Trinajstić information content (AvgIpc) is 2.42. The Morgan fingerprint density at radius 2 is 2.00 bits per heavy atom. The molecule has 4 nitrogen and oxygen atoms in total. The van der Waals surface area contributed by atoms with Gasteiger partial charge in [0.1, 0.15) is 11.5 Å². The fraction of sp³-hybridized carbons (Fsp3) is 0.133. The number of halogens is 1. The first kappa shape index (κ1) is 14.2. The minimum absolute atomic E-state index is 0.347. The average molecular weight is 291 g/mol. The molecule has 0 atom stereocenters. The molecular weight excluding hydrogens is 276 g/mol. The molecule has 2 rings (SSSR count). The molecule has 104 valence electrons. The van der Waals surface area contributed by atoms with Crippen LogP contribution in [-0.2, 0) is 6.42 Å². The van der Waals surface area contributed by atoms with Gasteiger partial charge in [0.25, 0.3) is 0 Å². The van der Waals surface area contributed by atoms with E-state index in [4.69, 9.17) is 27.8 Å². The third-order valence-electron chi connectivity index (χ3n) is 2.92. The molecule has 0 bridgehead atoms. The maximum atomic E-state index is 11.1. The third-order valence-corrected chi connectivity index (χ3v) is 3.29. The van der Waals surface area contributed by atoms with Crippen LogP contribution in [0.2, 0.25) is 5.02 Å². The number of hydrogen-bond donors (Lipinski definition) is 2. The topological polar surface area (TPSA) is 78.3 Å². The normalized spacial score (nSPS) is 10.3. The Morgan fingerprint density at radius 3 is 2.60 bits per heavy atom. The molecule has 0 aliphatic rings. The summed E-state index contributed by atoms with van der Waals surface area (Å²) in [7, 11) is 0. The van der Waals surface area contributed by atoms with Crippen molar-refractivity contribution in [3.8, 4) is 11.5 Å². The molecule has 0 heterocycles. The number of ether oxygens (including phenoxy) is 1. The summed E-state index contributed by atoms with van der Waals surface area (Å²) < 4.78 is 5.71. The molecule has 0 spiro atoms. The lowest BCUT2D eigenvalue weighted by Crippen LogP contribution is -2.11. The van der Waals surface area contributed by atoms with Crippen LogP contribution in [0.3, 0.4) is 0 Å². The molecule has 0 unspecified atom stereocenters. The first-order valence-corrected chi connectivity index (χ1v) is 6.54. The number of carbonyl (C=O) groups excluding carboxylic acids is 1. The van der Waals surface area contributed by atoms with Crippen molar-refractivity contribution in [1.82, 2.24) is 0 Å². The van der Waals surface area contributed by atoms with E-state index >= 15 is 0 Å². The molecule has 2 aromatic carbocycles. The van der Waals surface area contributed by atoms with Gasteiger partial charge in [0.2, 0.25) is 5.91 Å². The molecule has 0 aliphatic heterocycles. The Hall–Kier alpha value is -2.20. The van der Waals surface area contributed by atoms with Crippen LogP contribution in [0.4, 0.5) is 5.69 Å². The predicted octanol–water partition coefficient (Wildman–Crippen LogP) is 3.38. The molecular formula is C15H15ClN2O2. The molecule has 0 aliphatic carbocycles. The maximum Gasteiger partial charge on any atom is 0.248 e. The van der Waals surface area contributed by atoms with Crippen LogP contribution in [0.25, 0.3) is 0 Å². The van der Waals surface area contributed by atoms with Crippen molar-refractivity contribution >= 4 is 23.2 Å². The summed E-state index contributed by atoms with van der Waals surface area (Å²) in [6.07, 6.45) is 0.812. The molecule has 1 amide bonds. The summed E-state index contributed by atoms with van der Waals surface area (Å²) in [6.45, 7) is 2.01. The van der Waals surface area contributed by atoms with Gasteiger partial charge in [-0.1, -0.05) is 18.5 Å². The standard InChI is InChI=1S/C15H15ClN2O2/c1-2-9-7-11(4-5-12(9)16)20-14-6-3-10(15(18)19)8-13(14)17/h3-8H,2,17H2,1H3,(H2,18,19). The van der Waals surface area contributed by atoms with Gasteiger partial charge in [-0.3, -0.25) is 4.79 Å². The summed E-state index contributed by atoms with van der Waals surface area (Å²) in [6, 6.07) is 10.1. The fourth-order valence-corrected chi connectivity index (χ4v) is 2.06. The minimum Gasteiger partial charge on any atom is -0.455 e. The van der Waals surface area contributed by atoms with Crippen molar-refractivity contribution in [1.29, 1.82) is 0 Å². The van der Waals surface area contributed by atoms with Crippen LogP contribution in [0.15, 0.2) is 36.4 Å². The summed E-state index contributed by atoms with van der Waals surface area (Å²) >= 11 is 6.05. The lowest BCUT2D eigenvalue weighted by molar-refractivity contribution is 0.100. The van der Waals surface area contributed by atoms with Crippen LogP contribution in [0.5, 0.6) is 11.5 Å². The van der Waals surface area contributed by atoms with Crippen molar-refractivity contribution in [2.45, 2.75) is 13.3 Å². The van der Waals surface area contributed by atoms with Gasteiger partial charge >= 0.3 is 0 Å². The van der Waals surface area contributed by atoms with Gasteiger partial charge in [-0.15, -0.1) is 0 Å². The van der Waals surface area contributed by atoms with E-state index in [1.54, 1.807) is 24.3 Å². The van der Waals surface area contributed by atoms with E-state index in [9.17, 15) is 4.79 Å².